The van der Waals surface area contributed by atoms with Gasteiger partial charge in [0.15, 0.2) is 0 Å². The highest BCUT2D eigenvalue weighted by molar-refractivity contribution is 7.98. The van der Waals surface area contributed by atoms with Gasteiger partial charge in [-0.15, -0.1) is 11.8 Å². The SMILES string of the molecule is CNC(=O)C(C)N(Cc1ccccc1C)C(=O)CN(c1ccc(C)cc1)S(=O)(=O)c1ccc(SC)cc1. The van der Waals surface area contributed by atoms with Gasteiger partial charge in [-0.25, -0.2) is 8.42 Å². The van der Waals surface area contributed by atoms with Crippen LogP contribution in [-0.2, 0) is 26.2 Å². The Hall–Kier alpha value is -3.30. The minimum atomic E-state index is -4.08. The molecule has 0 spiro atoms. The van der Waals surface area contributed by atoms with Crippen molar-refractivity contribution >= 4 is 39.3 Å². The van der Waals surface area contributed by atoms with Gasteiger partial charge in [-0.05, 0) is 74.6 Å². The molecule has 0 aliphatic rings. The van der Waals surface area contributed by atoms with Crippen molar-refractivity contribution in [3.05, 3.63) is 89.5 Å². The molecule has 9 heteroatoms. The zero-order valence-electron chi connectivity index (χ0n) is 21.8. The van der Waals surface area contributed by atoms with Crippen molar-refractivity contribution in [3.63, 3.8) is 0 Å². The van der Waals surface area contributed by atoms with E-state index in [1.165, 1.54) is 23.7 Å². The van der Waals surface area contributed by atoms with Crippen LogP contribution in [0, 0.1) is 13.8 Å². The Morgan fingerprint density at radius 1 is 0.946 bits per heavy atom. The topological polar surface area (TPSA) is 86.8 Å². The van der Waals surface area contributed by atoms with E-state index in [1.54, 1.807) is 55.5 Å². The lowest BCUT2D eigenvalue weighted by atomic mass is 10.1. The molecule has 196 valence electrons. The largest absolute Gasteiger partial charge is 0.357 e. The molecule has 0 heterocycles. The van der Waals surface area contributed by atoms with E-state index in [4.69, 9.17) is 0 Å². The van der Waals surface area contributed by atoms with Gasteiger partial charge in [0.25, 0.3) is 10.0 Å². The molecule has 0 aliphatic carbocycles. The highest BCUT2D eigenvalue weighted by atomic mass is 32.2. The van der Waals surface area contributed by atoms with Crippen LogP contribution in [0.25, 0.3) is 0 Å². The van der Waals surface area contributed by atoms with Crippen molar-refractivity contribution in [1.82, 2.24) is 10.2 Å². The van der Waals surface area contributed by atoms with Crippen molar-refractivity contribution in [1.29, 1.82) is 0 Å². The lowest BCUT2D eigenvalue weighted by Gasteiger charge is -2.32. The smallest absolute Gasteiger partial charge is 0.264 e. The van der Waals surface area contributed by atoms with E-state index in [0.717, 1.165) is 25.9 Å². The number of aryl methyl sites for hydroxylation is 2. The average molecular weight is 540 g/mol. The van der Waals surface area contributed by atoms with Crippen LogP contribution in [0.15, 0.2) is 82.6 Å². The van der Waals surface area contributed by atoms with Gasteiger partial charge < -0.3 is 10.2 Å². The quantitative estimate of drug-likeness (QED) is 0.387. The number of nitrogens with one attached hydrogen (secondary N) is 1. The molecule has 2 amide bonds. The summed E-state index contributed by atoms with van der Waals surface area (Å²) in [5.41, 5.74) is 3.19. The van der Waals surface area contributed by atoms with Crippen molar-refractivity contribution in [2.45, 2.75) is 43.1 Å². The summed E-state index contributed by atoms with van der Waals surface area (Å²) in [7, 11) is -2.57. The summed E-state index contributed by atoms with van der Waals surface area (Å²) in [5, 5.41) is 2.59. The number of nitrogens with zero attached hydrogens (tertiary/aromatic N) is 2. The normalized spacial score (nSPS) is 12.0. The van der Waals surface area contributed by atoms with Crippen LogP contribution >= 0.6 is 11.8 Å². The molecule has 1 N–H and O–H groups in total. The standard InChI is InChI=1S/C28H33N3O4S2/c1-20-10-12-24(13-11-20)31(37(34,35)26-16-14-25(36-5)15-17-26)19-27(32)30(22(3)28(33)29-4)18-23-9-7-6-8-21(23)2/h6-17,22H,18-19H2,1-5H3,(H,29,33). The van der Waals surface area contributed by atoms with Crippen LogP contribution in [0.1, 0.15) is 23.6 Å². The van der Waals surface area contributed by atoms with Crippen LogP contribution in [0.4, 0.5) is 5.69 Å². The number of anilines is 1. The first-order valence-electron chi connectivity index (χ1n) is 11.9. The minimum absolute atomic E-state index is 0.0866. The van der Waals surface area contributed by atoms with Crippen molar-refractivity contribution < 1.29 is 18.0 Å². The summed E-state index contributed by atoms with van der Waals surface area (Å²) in [5.74, 6) is -0.816. The molecule has 3 rings (SSSR count). The number of hydrogen-bond donors (Lipinski definition) is 1. The molecule has 0 aromatic heterocycles. The number of carbonyl (C=O) groups is 2. The third-order valence-corrected chi connectivity index (χ3v) is 8.80. The number of likely N-dealkylation sites (N-methyl/N-ethyl adjacent to an activating group) is 1. The van der Waals surface area contributed by atoms with E-state index in [1.807, 2.05) is 44.4 Å². The summed E-state index contributed by atoms with van der Waals surface area (Å²) < 4.78 is 28.7. The van der Waals surface area contributed by atoms with Gasteiger partial charge in [-0.2, -0.15) is 0 Å². The molecule has 7 nitrogen and oxygen atoms in total. The Kier molecular flexibility index (Phi) is 9.39. The molecule has 0 fully saturated rings. The van der Waals surface area contributed by atoms with Gasteiger partial charge in [0.1, 0.15) is 12.6 Å². The maximum absolute atomic E-state index is 13.8. The molecule has 0 saturated carbocycles. The van der Waals surface area contributed by atoms with Gasteiger partial charge in [0, 0.05) is 18.5 Å². The van der Waals surface area contributed by atoms with Crippen LogP contribution < -0.4 is 9.62 Å². The minimum Gasteiger partial charge on any atom is -0.357 e. The molecule has 0 aliphatic heterocycles. The molecule has 3 aromatic rings. The van der Waals surface area contributed by atoms with Gasteiger partial charge in [-0.3, -0.25) is 13.9 Å². The first-order chi connectivity index (χ1) is 17.6. The fourth-order valence-electron chi connectivity index (χ4n) is 3.88. The van der Waals surface area contributed by atoms with E-state index < -0.39 is 28.5 Å². The number of rotatable bonds is 10. The molecule has 1 atom stereocenters. The van der Waals surface area contributed by atoms with E-state index in [0.29, 0.717) is 5.69 Å². The van der Waals surface area contributed by atoms with Crippen LogP contribution in [0.3, 0.4) is 0 Å². The van der Waals surface area contributed by atoms with Crippen molar-refractivity contribution in [3.8, 4) is 0 Å². The van der Waals surface area contributed by atoms with E-state index in [-0.39, 0.29) is 17.3 Å². The first kappa shape index (κ1) is 28.3. The molecule has 3 aromatic carbocycles. The zero-order valence-corrected chi connectivity index (χ0v) is 23.4. The number of benzene rings is 3. The fraction of sp³-hybridized carbons (Fsp3) is 0.286. The predicted molar refractivity (Wildman–Crippen MR) is 149 cm³/mol. The third-order valence-electron chi connectivity index (χ3n) is 6.26. The molecule has 1 unspecified atom stereocenters. The molecule has 0 saturated heterocycles. The second kappa shape index (κ2) is 12.3. The summed E-state index contributed by atoms with van der Waals surface area (Å²) >= 11 is 1.51. The fourth-order valence-corrected chi connectivity index (χ4v) is 5.70. The molecular formula is C28H33N3O4S2. The van der Waals surface area contributed by atoms with Crippen molar-refractivity contribution in [2.24, 2.45) is 0 Å². The Morgan fingerprint density at radius 2 is 1.57 bits per heavy atom. The number of carbonyl (C=O) groups excluding carboxylic acids is 2. The molecule has 0 radical (unpaired) electrons. The lowest BCUT2D eigenvalue weighted by Crippen LogP contribution is -2.50. The Morgan fingerprint density at radius 3 is 2.14 bits per heavy atom. The highest BCUT2D eigenvalue weighted by Crippen LogP contribution is 2.26. The molecule has 0 bridgehead atoms. The van der Waals surface area contributed by atoms with Gasteiger partial charge >= 0.3 is 0 Å². The number of amides is 2. The zero-order chi connectivity index (χ0) is 27.2. The summed E-state index contributed by atoms with van der Waals surface area (Å²) in [4.78, 5) is 28.8. The average Bonchev–Trinajstić information content (AvgIpc) is 2.90. The van der Waals surface area contributed by atoms with E-state index in [2.05, 4.69) is 5.32 Å². The monoisotopic (exact) mass is 539 g/mol. The van der Waals surface area contributed by atoms with Gasteiger partial charge in [0.05, 0.1) is 10.6 Å². The number of thioether (sulfide) groups is 1. The van der Waals surface area contributed by atoms with Gasteiger partial charge in [0.2, 0.25) is 11.8 Å². The second-order valence-corrected chi connectivity index (χ2v) is 11.5. The maximum Gasteiger partial charge on any atom is 0.264 e. The van der Waals surface area contributed by atoms with Crippen LogP contribution in [-0.4, -0.2) is 51.0 Å². The lowest BCUT2D eigenvalue weighted by molar-refractivity contribution is -0.139. The Bertz CT molecular complexity index is 1340. The number of hydrogen-bond acceptors (Lipinski definition) is 5. The summed E-state index contributed by atoms with van der Waals surface area (Å²) in [6, 6.07) is 20.4. The van der Waals surface area contributed by atoms with Crippen LogP contribution in [0.2, 0.25) is 0 Å². The predicted octanol–water partition coefficient (Wildman–Crippen LogP) is 4.38. The first-order valence-corrected chi connectivity index (χ1v) is 14.5. The van der Waals surface area contributed by atoms with Crippen molar-refractivity contribution in [2.75, 3.05) is 24.2 Å². The molecular weight excluding hydrogens is 506 g/mol. The Labute approximate surface area is 223 Å². The summed E-state index contributed by atoms with van der Waals surface area (Å²) in [6.07, 6.45) is 1.91. The van der Waals surface area contributed by atoms with Gasteiger partial charge in [-0.1, -0.05) is 42.0 Å². The van der Waals surface area contributed by atoms with E-state index >= 15 is 0 Å². The maximum atomic E-state index is 13.8. The highest BCUT2D eigenvalue weighted by Gasteiger charge is 2.32. The van der Waals surface area contributed by atoms with Crippen LogP contribution in [0.5, 0.6) is 0 Å². The number of sulfonamides is 1. The third kappa shape index (κ3) is 6.72. The molecule has 37 heavy (non-hydrogen) atoms. The second-order valence-electron chi connectivity index (χ2n) is 8.76. The van der Waals surface area contributed by atoms with E-state index in [9.17, 15) is 18.0 Å². The summed E-state index contributed by atoms with van der Waals surface area (Å²) in [6.45, 7) is 5.20. The Balaban J connectivity index is 2.03.